The first-order chi connectivity index (χ1) is 8.47. The zero-order valence-corrected chi connectivity index (χ0v) is 11.1. The molecule has 0 saturated carbocycles. The van der Waals surface area contributed by atoms with Crippen LogP contribution >= 0.6 is 0 Å². The molecule has 0 spiro atoms. The van der Waals surface area contributed by atoms with E-state index in [0.717, 1.165) is 24.3 Å². The fraction of sp³-hybridized carbons (Fsp3) is 0.400. The topological polar surface area (TPSA) is 0 Å². The van der Waals surface area contributed by atoms with Crippen molar-refractivity contribution in [3.63, 3.8) is 0 Å². The zero-order chi connectivity index (χ0) is 14.9. The third-order valence-electron chi connectivity index (χ3n) is 2.01. The summed E-state index contributed by atoms with van der Waals surface area (Å²) in [6.07, 6.45) is -6.30. The molecular weight excluding hydrogens is 399 g/mol. The van der Waals surface area contributed by atoms with E-state index in [-0.39, 0.29) is 3.57 Å². The van der Waals surface area contributed by atoms with Gasteiger partial charge in [0.05, 0.1) is 0 Å². The van der Waals surface area contributed by atoms with Gasteiger partial charge in [0.2, 0.25) is 0 Å². The molecule has 9 heteroatoms. The van der Waals surface area contributed by atoms with Gasteiger partial charge in [-0.25, -0.2) is 0 Å². The van der Waals surface area contributed by atoms with Crippen LogP contribution in [0.5, 0.6) is 0 Å². The Morgan fingerprint density at radius 3 is 1.74 bits per heavy atom. The molecule has 0 saturated heterocycles. The normalized spacial score (nSPS) is 13.9. The molecule has 19 heavy (non-hydrogen) atoms. The van der Waals surface area contributed by atoms with Gasteiger partial charge in [-0.1, -0.05) is 0 Å². The van der Waals surface area contributed by atoms with Crippen molar-refractivity contribution in [1.82, 2.24) is 0 Å². The summed E-state index contributed by atoms with van der Waals surface area (Å²) in [6, 6.07) is 4.03. The maximum atomic E-state index is 12.9. The molecule has 0 bridgehead atoms. The van der Waals surface area contributed by atoms with E-state index in [1.807, 2.05) is 0 Å². The van der Waals surface area contributed by atoms with Gasteiger partial charge in [0.25, 0.3) is 0 Å². The predicted octanol–water partition coefficient (Wildman–Crippen LogP) is 0.917. The third-order valence-corrected chi connectivity index (χ3v) is 4.95. The average molecular weight is 405 g/mol. The minimum absolute atomic E-state index is 0.151. The summed E-state index contributed by atoms with van der Waals surface area (Å²) < 4.78 is 97.6. The second-order valence-electron chi connectivity index (χ2n) is 3.48. The summed E-state index contributed by atoms with van der Waals surface area (Å²) in [7, 11) is 0. The molecule has 0 unspecified atom stereocenters. The van der Waals surface area contributed by atoms with E-state index in [9.17, 15) is 35.1 Å². The molecule has 0 amide bonds. The molecule has 0 radical (unpaired) electrons. The fourth-order valence-electron chi connectivity index (χ4n) is 0.971. The number of rotatable bonds is 4. The van der Waals surface area contributed by atoms with Crippen molar-refractivity contribution in [1.29, 1.82) is 0 Å². The second kappa shape index (κ2) is 5.41. The van der Waals surface area contributed by atoms with Crippen LogP contribution in [-0.2, 0) is 0 Å². The monoisotopic (exact) mass is 405 g/mol. The first kappa shape index (κ1) is 16.4. The summed E-state index contributed by atoms with van der Waals surface area (Å²) >= 11 is -1.79. The van der Waals surface area contributed by atoms with E-state index in [2.05, 4.69) is 0 Å². The first-order valence-corrected chi connectivity index (χ1v) is 7.25. The van der Waals surface area contributed by atoms with Gasteiger partial charge >= 0.3 is 112 Å². The molecule has 0 aliphatic rings. The van der Waals surface area contributed by atoms with Crippen molar-refractivity contribution in [2.45, 2.75) is 18.0 Å². The van der Waals surface area contributed by atoms with Gasteiger partial charge in [-0.3, -0.25) is 0 Å². The van der Waals surface area contributed by atoms with Crippen molar-refractivity contribution in [2.24, 2.45) is 0 Å². The van der Waals surface area contributed by atoms with Crippen LogP contribution in [-0.4, -0.2) is 22.4 Å². The Balaban J connectivity index is 2.78. The van der Waals surface area contributed by atoms with Crippen LogP contribution in [0, 0.1) is 9.39 Å². The molecule has 0 atom stereocenters. The van der Waals surface area contributed by atoms with Crippen molar-refractivity contribution < 1.29 is 56.3 Å². The van der Waals surface area contributed by atoms with Crippen LogP contribution in [0.25, 0.3) is 0 Å². The maximum absolute atomic E-state index is 12.9. The standard InChI is InChI=1S/C10H6F8I/c11-6-1-3-7(4-2-6)19-5-8(12,13)9(14,15)10(16,17)18/h1-4H,5H2/q-1. The molecule has 0 N–H and O–H groups in total. The van der Waals surface area contributed by atoms with E-state index >= 15 is 0 Å². The average Bonchev–Trinajstić information content (AvgIpc) is 2.26. The SMILES string of the molecule is Fc1ccc([I-]CC(F)(F)C(F)(F)C(F)(F)F)cc1. The molecule has 0 aliphatic heterocycles. The molecule has 0 aromatic heterocycles. The molecule has 110 valence electrons. The zero-order valence-electron chi connectivity index (χ0n) is 8.92. The molecule has 0 fully saturated rings. The summed E-state index contributed by atoms with van der Waals surface area (Å²) in [5.41, 5.74) is 0. The number of benzene rings is 1. The van der Waals surface area contributed by atoms with Crippen LogP contribution in [0.1, 0.15) is 0 Å². The Morgan fingerprint density at radius 1 is 0.842 bits per heavy atom. The van der Waals surface area contributed by atoms with E-state index in [0.29, 0.717) is 0 Å². The van der Waals surface area contributed by atoms with E-state index in [1.54, 1.807) is 0 Å². The van der Waals surface area contributed by atoms with Crippen molar-refractivity contribution in [3.8, 4) is 0 Å². The molecule has 0 heterocycles. The van der Waals surface area contributed by atoms with Crippen LogP contribution in [0.4, 0.5) is 35.1 Å². The Bertz CT molecular complexity index is 422. The molecule has 0 nitrogen and oxygen atoms in total. The Morgan fingerprint density at radius 2 is 1.32 bits per heavy atom. The first-order valence-electron chi connectivity index (χ1n) is 4.64. The number of hydrogen-bond acceptors (Lipinski definition) is 0. The van der Waals surface area contributed by atoms with Gasteiger partial charge in [-0.2, -0.15) is 0 Å². The van der Waals surface area contributed by atoms with Crippen LogP contribution in [0.3, 0.4) is 0 Å². The Labute approximate surface area is 113 Å². The molecule has 1 aromatic rings. The van der Waals surface area contributed by atoms with Gasteiger partial charge in [0.15, 0.2) is 0 Å². The van der Waals surface area contributed by atoms with E-state index < -0.39 is 49.5 Å². The third kappa shape index (κ3) is 3.69. The molecule has 1 rings (SSSR count). The van der Waals surface area contributed by atoms with Crippen LogP contribution in [0.15, 0.2) is 24.3 Å². The van der Waals surface area contributed by atoms with Crippen LogP contribution < -0.4 is 21.2 Å². The second-order valence-corrected chi connectivity index (χ2v) is 6.25. The van der Waals surface area contributed by atoms with E-state index in [4.69, 9.17) is 0 Å². The minimum atomic E-state index is -6.30. The number of halogens is 9. The summed E-state index contributed by atoms with van der Waals surface area (Å²) in [5.74, 6) is -11.9. The van der Waals surface area contributed by atoms with Gasteiger partial charge in [-0.05, 0) is 0 Å². The van der Waals surface area contributed by atoms with Gasteiger partial charge in [0, 0.05) is 0 Å². The predicted molar refractivity (Wildman–Crippen MR) is 45.9 cm³/mol. The summed E-state index contributed by atoms with van der Waals surface area (Å²) in [6.45, 7) is 0. The number of alkyl halides is 8. The van der Waals surface area contributed by atoms with Gasteiger partial charge in [-0.15, -0.1) is 0 Å². The van der Waals surface area contributed by atoms with E-state index in [1.165, 1.54) is 0 Å². The molecule has 0 aliphatic carbocycles. The number of hydrogen-bond donors (Lipinski definition) is 0. The van der Waals surface area contributed by atoms with Crippen molar-refractivity contribution >= 4 is 0 Å². The fourth-order valence-corrected chi connectivity index (χ4v) is 3.24. The Hall–Kier alpha value is -0.610. The quantitative estimate of drug-likeness (QED) is 0.397. The van der Waals surface area contributed by atoms with Crippen molar-refractivity contribution in [2.75, 3.05) is 4.43 Å². The van der Waals surface area contributed by atoms with Gasteiger partial charge in [0.1, 0.15) is 0 Å². The molecular formula is C10H6F8I-. The van der Waals surface area contributed by atoms with Gasteiger partial charge < -0.3 is 0 Å². The Kier molecular flexibility index (Phi) is 4.68. The molecule has 1 aromatic carbocycles. The van der Waals surface area contributed by atoms with Crippen LogP contribution in [0.2, 0.25) is 0 Å². The summed E-state index contributed by atoms with van der Waals surface area (Å²) in [4.78, 5) is 0. The summed E-state index contributed by atoms with van der Waals surface area (Å²) in [5, 5.41) is 0. The van der Waals surface area contributed by atoms with Crippen molar-refractivity contribution in [3.05, 3.63) is 33.7 Å².